The van der Waals surface area contributed by atoms with Crippen molar-refractivity contribution in [1.82, 2.24) is 5.32 Å². The third-order valence-corrected chi connectivity index (χ3v) is 6.30. The van der Waals surface area contributed by atoms with Gasteiger partial charge in [0, 0.05) is 30.2 Å². The van der Waals surface area contributed by atoms with Gasteiger partial charge in [-0.1, -0.05) is 46.7 Å². The van der Waals surface area contributed by atoms with Gasteiger partial charge in [0.05, 0.1) is 19.4 Å². The average Bonchev–Trinajstić information content (AvgIpc) is 2.93. The average molecular weight is 627 g/mol. The number of oxime groups is 1. The highest BCUT2D eigenvalue weighted by atomic mass is 17.2. The lowest BCUT2D eigenvalue weighted by atomic mass is 9.88. The fourth-order valence-electron chi connectivity index (χ4n) is 3.16. The number of aliphatic hydroxyl groups is 8. The van der Waals surface area contributed by atoms with Gasteiger partial charge in [0.15, 0.2) is 12.4 Å². The first-order valence-corrected chi connectivity index (χ1v) is 13.9. The minimum atomic E-state index is -2.05. The molecule has 43 heavy (non-hydrogen) atoms. The number of aliphatic hydroxyl groups excluding tert-OH is 8. The maximum atomic E-state index is 12.2. The van der Waals surface area contributed by atoms with Crippen LogP contribution < -0.4 is 5.32 Å². The quantitative estimate of drug-likeness (QED) is 0.0358. The highest BCUT2D eigenvalue weighted by molar-refractivity contribution is 5.85. The van der Waals surface area contributed by atoms with Crippen LogP contribution in [0.3, 0.4) is 0 Å². The topological polar surface area (TPSA) is 265 Å². The van der Waals surface area contributed by atoms with Crippen LogP contribution >= 0.6 is 0 Å². The molecule has 8 atom stereocenters. The minimum absolute atomic E-state index is 0.0339. The van der Waals surface area contributed by atoms with E-state index in [4.69, 9.17) is 14.6 Å². The van der Waals surface area contributed by atoms with Gasteiger partial charge in [0.1, 0.15) is 54.6 Å². The van der Waals surface area contributed by atoms with Crippen molar-refractivity contribution < 1.29 is 69.8 Å². The Bertz CT molecular complexity index is 873. The zero-order valence-electron chi connectivity index (χ0n) is 25.6. The van der Waals surface area contributed by atoms with Gasteiger partial charge in [-0.2, -0.15) is 0 Å². The maximum Gasteiger partial charge on any atom is 0.220 e. The molecular weight excluding hydrogens is 576 g/mol. The maximum absolute atomic E-state index is 12.2. The third-order valence-electron chi connectivity index (χ3n) is 6.30. The highest BCUT2D eigenvalue weighted by Gasteiger charge is 2.39. The molecule has 0 saturated carbocycles. The Morgan fingerprint density at radius 1 is 0.744 bits per heavy atom. The van der Waals surface area contributed by atoms with E-state index in [0.29, 0.717) is 6.21 Å². The van der Waals surface area contributed by atoms with Gasteiger partial charge in [0.2, 0.25) is 5.91 Å². The van der Waals surface area contributed by atoms with Crippen molar-refractivity contribution in [3.63, 3.8) is 0 Å². The van der Waals surface area contributed by atoms with Crippen molar-refractivity contribution in [1.29, 1.82) is 0 Å². The SMILES string of the molecule is CC(C)(C)C(=O)CCCC(=O)NC[C@H](O)[C@@H](OO[C@H](C(O)CO)[C@H](O)[C@H](O)/C=N/OCC(=O)C(C)(C)C)[C@H](O)[C@H](O)CO. The number of hydrogen-bond donors (Lipinski definition) is 9. The Labute approximate surface area is 251 Å². The number of Topliss-reactive ketones (excluding diaryl/α,β-unsaturated/α-hetero) is 2. The van der Waals surface area contributed by atoms with Crippen molar-refractivity contribution in [3.8, 4) is 0 Å². The van der Waals surface area contributed by atoms with Gasteiger partial charge < -0.3 is 51.0 Å². The van der Waals surface area contributed by atoms with Crippen LogP contribution in [0.4, 0.5) is 0 Å². The Kier molecular flexibility index (Phi) is 18.4. The molecule has 9 N–H and O–H groups in total. The van der Waals surface area contributed by atoms with E-state index in [-0.39, 0.29) is 30.8 Å². The van der Waals surface area contributed by atoms with E-state index in [9.17, 15) is 55.2 Å². The number of carbonyl (C=O) groups is 3. The second-order valence-corrected chi connectivity index (χ2v) is 12.2. The van der Waals surface area contributed by atoms with Crippen molar-refractivity contribution in [3.05, 3.63) is 0 Å². The van der Waals surface area contributed by atoms with Crippen LogP contribution in [-0.4, -0.2) is 140 Å². The summed E-state index contributed by atoms with van der Waals surface area (Å²) in [5, 5.41) is 86.0. The van der Waals surface area contributed by atoms with E-state index in [1.54, 1.807) is 41.5 Å². The Hall–Kier alpha value is -2.12. The fraction of sp³-hybridized carbons (Fsp3) is 0.852. The van der Waals surface area contributed by atoms with Gasteiger partial charge in [-0.05, 0) is 6.42 Å². The molecule has 0 aliphatic carbocycles. The molecule has 1 unspecified atom stereocenters. The summed E-state index contributed by atoms with van der Waals surface area (Å²) in [4.78, 5) is 50.8. The summed E-state index contributed by atoms with van der Waals surface area (Å²) in [6.07, 6.45) is -14.3. The Morgan fingerprint density at radius 3 is 1.74 bits per heavy atom. The number of amides is 1. The number of carbonyl (C=O) groups excluding carboxylic acids is 3. The number of rotatable bonds is 21. The molecule has 0 saturated heterocycles. The number of nitrogens with zero attached hydrogens (tertiary/aromatic N) is 1. The molecule has 0 fully saturated rings. The van der Waals surface area contributed by atoms with Crippen LogP contribution in [0.1, 0.15) is 60.8 Å². The number of hydrogen-bond acceptors (Lipinski definition) is 15. The van der Waals surface area contributed by atoms with E-state index in [2.05, 4.69) is 10.5 Å². The summed E-state index contributed by atoms with van der Waals surface area (Å²) in [7, 11) is 0. The van der Waals surface area contributed by atoms with Crippen LogP contribution in [0, 0.1) is 10.8 Å². The Balaban J connectivity index is 5.37. The summed E-state index contributed by atoms with van der Waals surface area (Å²) < 4.78 is 0. The van der Waals surface area contributed by atoms with Gasteiger partial charge in [-0.25, -0.2) is 9.78 Å². The molecule has 0 aliphatic heterocycles. The summed E-state index contributed by atoms with van der Waals surface area (Å²) in [6.45, 7) is 7.28. The number of nitrogens with one attached hydrogen (secondary N) is 1. The lowest BCUT2D eigenvalue weighted by Crippen LogP contribution is -2.53. The zero-order valence-corrected chi connectivity index (χ0v) is 25.6. The van der Waals surface area contributed by atoms with Crippen molar-refractivity contribution >= 4 is 23.7 Å². The lowest BCUT2D eigenvalue weighted by molar-refractivity contribution is -0.400. The Morgan fingerprint density at radius 2 is 1.26 bits per heavy atom. The van der Waals surface area contributed by atoms with Crippen molar-refractivity contribution in [2.75, 3.05) is 26.4 Å². The summed E-state index contributed by atoms with van der Waals surface area (Å²) in [5.74, 6) is -0.881. The van der Waals surface area contributed by atoms with E-state index in [0.717, 1.165) is 0 Å². The molecular formula is C27H50N2O14. The van der Waals surface area contributed by atoms with Gasteiger partial charge in [0.25, 0.3) is 0 Å². The molecule has 0 aromatic carbocycles. The lowest BCUT2D eigenvalue weighted by Gasteiger charge is -2.32. The molecule has 16 heteroatoms. The molecule has 0 aromatic heterocycles. The predicted octanol–water partition coefficient (Wildman–Crippen LogP) is -2.66. The predicted molar refractivity (Wildman–Crippen MR) is 150 cm³/mol. The van der Waals surface area contributed by atoms with Crippen LogP contribution in [0.2, 0.25) is 0 Å². The first-order chi connectivity index (χ1) is 19.8. The summed E-state index contributed by atoms with van der Waals surface area (Å²) >= 11 is 0. The first-order valence-electron chi connectivity index (χ1n) is 13.9. The highest BCUT2D eigenvalue weighted by Crippen LogP contribution is 2.19. The molecule has 16 nitrogen and oxygen atoms in total. The monoisotopic (exact) mass is 626 g/mol. The van der Waals surface area contributed by atoms with E-state index < -0.39 is 91.9 Å². The molecule has 1 amide bonds. The van der Waals surface area contributed by atoms with E-state index in [1.165, 1.54) is 0 Å². The van der Waals surface area contributed by atoms with Crippen molar-refractivity contribution in [2.45, 2.75) is 110 Å². The first kappa shape index (κ1) is 40.9. The fourth-order valence-corrected chi connectivity index (χ4v) is 3.16. The summed E-state index contributed by atoms with van der Waals surface area (Å²) in [5.41, 5.74) is -1.27. The van der Waals surface area contributed by atoms with Crippen LogP contribution in [-0.2, 0) is 29.0 Å². The molecule has 0 spiro atoms. The van der Waals surface area contributed by atoms with Gasteiger partial charge in [-0.15, -0.1) is 0 Å². The second kappa shape index (κ2) is 19.3. The number of ketones is 2. The van der Waals surface area contributed by atoms with E-state index >= 15 is 0 Å². The molecule has 252 valence electrons. The normalized spacial score (nSPS) is 18.3. The third kappa shape index (κ3) is 15.4. The van der Waals surface area contributed by atoms with Crippen LogP contribution in [0.25, 0.3) is 0 Å². The molecule has 0 radical (unpaired) electrons. The van der Waals surface area contributed by atoms with Crippen LogP contribution in [0.15, 0.2) is 5.16 Å². The summed E-state index contributed by atoms with van der Waals surface area (Å²) in [6, 6.07) is 0. The van der Waals surface area contributed by atoms with E-state index in [1.807, 2.05) is 0 Å². The van der Waals surface area contributed by atoms with Crippen molar-refractivity contribution in [2.24, 2.45) is 16.0 Å². The minimum Gasteiger partial charge on any atom is -0.394 e. The van der Waals surface area contributed by atoms with Crippen LogP contribution in [0.5, 0.6) is 0 Å². The standard InChI is InChI=1S/C27H50N2O14/c1-26(2,3)19(36)8-7-9-21(38)28-10-16(33)24(23(40)17(34)12-30)42-43-25(18(35)13-31)22(39)15(32)11-29-41-14-20(37)27(4,5)6/h11,15-18,22-25,30-35,39-40H,7-10,12-14H2,1-6H3,(H,28,38)/b29-11+/t15-,16+,17-,18?,22-,23-,24-,25-/m1/s1. The molecule has 0 aromatic rings. The molecule has 0 heterocycles. The largest absolute Gasteiger partial charge is 0.394 e. The van der Waals surface area contributed by atoms with Gasteiger partial charge in [-0.3, -0.25) is 14.4 Å². The smallest absolute Gasteiger partial charge is 0.220 e. The zero-order chi connectivity index (χ0) is 33.5. The molecule has 0 bridgehead atoms. The molecule has 0 rings (SSSR count). The second-order valence-electron chi connectivity index (χ2n) is 12.2. The van der Waals surface area contributed by atoms with Gasteiger partial charge >= 0.3 is 0 Å². The molecule has 0 aliphatic rings.